The zero-order valence-corrected chi connectivity index (χ0v) is 82.5. The molecule has 4 N–H and O–H groups in total. The number of halogens is 7. The normalized spacial score (nSPS) is 15.5. The van der Waals surface area contributed by atoms with E-state index >= 15 is 0 Å². The largest absolute Gasteiger partial charge is 0.478 e. The summed E-state index contributed by atoms with van der Waals surface area (Å²) in [5, 5.41) is 14.1. The van der Waals surface area contributed by atoms with Crippen LogP contribution < -0.4 is 33.3 Å². The molecule has 0 bridgehead atoms. The fraction of sp³-hybridized carbons (Fsp3) is 0.255. The number of nitrogens with one attached hydrogen (secondary N) is 1. The van der Waals surface area contributed by atoms with Crippen molar-refractivity contribution in [3.63, 3.8) is 0 Å². The summed E-state index contributed by atoms with van der Waals surface area (Å²) in [4.78, 5) is 97.7. The molecule has 0 radical (unpaired) electrons. The molecule has 0 spiro atoms. The highest BCUT2D eigenvalue weighted by molar-refractivity contribution is 9.11. The number of carbonyl (C=O) groups is 2. The first-order valence-electron chi connectivity index (χ1n) is 43.0. The minimum absolute atomic E-state index is 0. The molecule has 1 fully saturated rings. The average Bonchev–Trinajstić information content (AvgIpc) is 0.778. The summed E-state index contributed by atoms with van der Waals surface area (Å²) in [5.74, 6) is 17.0. The number of amides is 1. The number of benzene rings is 10. The molecule has 5 atom stereocenters. The molecule has 19 rings (SSSR count). The molecule has 4 aromatic heterocycles. The van der Waals surface area contributed by atoms with Gasteiger partial charge >= 0.3 is 27.2 Å². The minimum Gasteiger partial charge on any atom is -0.478 e. The molecule has 5 unspecified atom stereocenters. The third-order valence-electron chi connectivity index (χ3n) is 23.0. The maximum absolute atomic E-state index is 13.3. The van der Waals surface area contributed by atoms with Crippen LogP contribution in [0.25, 0.3) is 43.6 Å². The third-order valence-corrected chi connectivity index (χ3v) is 24.5. The van der Waals surface area contributed by atoms with E-state index < -0.39 is 27.2 Å². The van der Waals surface area contributed by atoms with Gasteiger partial charge in [-0.1, -0.05) is 156 Å². The number of nitrogens with two attached hydrogens (primary N) is 1. The summed E-state index contributed by atoms with van der Waals surface area (Å²) in [5.41, 5.74) is 14.8. The Kier molecular flexibility index (Phi) is 39.1. The number of hydrogen-bond acceptors (Lipinski definition) is 20. The average molecular weight is 2110 g/mol. The van der Waals surface area contributed by atoms with Crippen molar-refractivity contribution >= 4 is 143 Å². The van der Waals surface area contributed by atoms with Gasteiger partial charge in [-0.25, -0.2) is 37.9 Å². The number of carboxylic acids is 1. The number of hydrogen-bond donors (Lipinski definition) is 3. The molecule has 9 heterocycles. The van der Waals surface area contributed by atoms with Gasteiger partial charge in [-0.15, -0.1) is 44.1 Å². The molecule has 26 nitrogen and oxygen atoms in total. The second-order valence-electron chi connectivity index (χ2n) is 32.7. The van der Waals surface area contributed by atoms with Gasteiger partial charge in [0.25, 0.3) is 22.2 Å². The van der Waals surface area contributed by atoms with Crippen molar-refractivity contribution in [1.82, 2.24) is 58.2 Å². The Balaban J connectivity index is 0.000000167. The quantitative estimate of drug-likeness (QED) is 0.103. The standard InChI is InChI=1S/2C22H20FN3O.C18H15BrN2O.C14H16BrN3O.C11H13NO.C8H5F.C7H6BrNO2.ClH.2O3S/c2*1-25(2)18-9-11-21-24-20-13-16(7-6-15-4-3-5-17(23)12-15)8-10-19(20)22(27)26(21)14-18;19-14-7-8-15-16(10-14)20-17-9-6-13(11-21(17)18(15)22)12-4-2-1-3-5-12;1-17(2)10-4-6-13-16-12-7-9(15)3-5-11(12)14(19)18(13)8-10;13-11-7-6-10(8-12-11)9-4-2-1-3-5-9;1-2-7-4-3-5-8(9)6-7;8-4-1-2-5(7(10)11)6(9)3-4;;2*1-4(2)3/h2*3-5,8,10,12-13,18H,9,11,14H2,1-2H3;1-5,7-8,10,13H,6,9,11H2;3,5,7,10H,4,6,8H2,1-2H3;1-5,10H,6-8H2,(H,12,13);1,3-6H;1-3H,9H2,(H,10,11);1H;;. The van der Waals surface area contributed by atoms with Crippen LogP contribution in [0, 0.1) is 53.5 Å². The lowest BCUT2D eigenvalue weighted by molar-refractivity contribution is -0.122. The molecule has 14 aromatic rings. The van der Waals surface area contributed by atoms with Gasteiger partial charge in [0.05, 0.1) is 49.2 Å². The van der Waals surface area contributed by atoms with E-state index in [1.165, 1.54) is 53.6 Å². The number of carboxylic acid groups (broad SMARTS) is 1. The maximum atomic E-state index is 13.3. The van der Waals surface area contributed by atoms with Gasteiger partial charge in [0.1, 0.15) is 40.7 Å². The van der Waals surface area contributed by atoms with Gasteiger partial charge in [0.2, 0.25) is 5.91 Å². The zero-order chi connectivity index (χ0) is 98.0. The Hall–Kier alpha value is -13.2. The molecular formula is C102H96Br3ClF3N13O13S2. The van der Waals surface area contributed by atoms with Crippen molar-refractivity contribution in [2.45, 2.75) is 120 Å². The second kappa shape index (κ2) is 50.6. The molecule has 10 aromatic carbocycles. The highest BCUT2D eigenvalue weighted by Crippen LogP contribution is 2.31. The van der Waals surface area contributed by atoms with Crippen molar-refractivity contribution in [2.75, 3.05) is 54.6 Å². The van der Waals surface area contributed by atoms with E-state index in [4.69, 9.17) is 57.5 Å². The lowest BCUT2D eigenvalue weighted by Crippen LogP contribution is -2.41. The monoisotopic (exact) mass is 2100 g/mol. The van der Waals surface area contributed by atoms with Crippen LogP contribution in [-0.2, 0) is 77.9 Å². The number of terminal acetylenes is 1. The van der Waals surface area contributed by atoms with E-state index in [0.29, 0.717) is 98.7 Å². The number of carbonyl (C=O) groups excluding carboxylic acids is 1. The summed E-state index contributed by atoms with van der Waals surface area (Å²) in [6.45, 7) is 3.59. The first-order valence-corrected chi connectivity index (χ1v) is 47.3. The number of likely N-dealkylation sites (N-methyl/N-ethyl adjacent to an activating group) is 3. The number of nitrogens with zero attached hydrogens (tertiary/aromatic N) is 11. The fourth-order valence-electron chi connectivity index (χ4n) is 15.8. The van der Waals surface area contributed by atoms with Crippen LogP contribution in [0.1, 0.15) is 123 Å². The van der Waals surface area contributed by atoms with Crippen molar-refractivity contribution in [2.24, 2.45) is 0 Å². The third kappa shape index (κ3) is 30.2. The molecule has 0 aliphatic carbocycles. The van der Waals surface area contributed by atoms with Crippen LogP contribution >= 0.6 is 60.2 Å². The molecule has 137 heavy (non-hydrogen) atoms. The van der Waals surface area contributed by atoms with Crippen LogP contribution in [0.4, 0.5) is 18.9 Å². The highest BCUT2D eigenvalue weighted by atomic mass is 79.9. The molecule has 5 aliphatic heterocycles. The number of aryl methyl sites for hydroxylation is 4. The van der Waals surface area contributed by atoms with E-state index in [9.17, 15) is 41.9 Å². The first-order chi connectivity index (χ1) is 65.1. The topological polar surface area (TPSA) is 344 Å². The number of aromatic nitrogens is 8. The first kappa shape index (κ1) is 106. The Bertz CT molecular complexity index is 7230. The van der Waals surface area contributed by atoms with Gasteiger partial charge < -0.3 is 30.9 Å². The highest BCUT2D eigenvalue weighted by Gasteiger charge is 2.28. The Labute approximate surface area is 823 Å². The van der Waals surface area contributed by atoms with Crippen LogP contribution in [-0.4, -0.2) is 162 Å². The lowest BCUT2D eigenvalue weighted by Gasteiger charge is -2.30. The molecule has 0 saturated carbocycles. The van der Waals surface area contributed by atoms with Crippen molar-refractivity contribution in [3.8, 4) is 36.0 Å². The number of anilines is 1. The number of aromatic carboxylic acids is 1. The molecule has 1 saturated heterocycles. The molecular weight excluding hydrogens is 2010 g/mol. The van der Waals surface area contributed by atoms with Gasteiger partial charge in [0, 0.05) is 142 Å². The Morgan fingerprint density at radius 1 is 0.409 bits per heavy atom. The van der Waals surface area contributed by atoms with Crippen LogP contribution in [0.5, 0.6) is 0 Å². The molecule has 35 heteroatoms. The molecule has 5 aliphatic rings. The Morgan fingerprint density at radius 3 is 1.06 bits per heavy atom. The summed E-state index contributed by atoms with van der Waals surface area (Å²) < 4.78 is 99.4. The van der Waals surface area contributed by atoms with E-state index in [0.717, 1.165) is 136 Å². The smallest absolute Gasteiger partial charge is 0.425 e. The minimum atomic E-state index is -3.11. The molecule has 1 amide bonds. The summed E-state index contributed by atoms with van der Waals surface area (Å²) in [7, 11) is 6.06. The van der Waals surface area contributed by atoms with Gasteiger partial charge in [-0.05, 0) is 231 Å². The van der Waals surface area contributed by atoms with Gasteiger partial charge in [-0.2, -0.15) is 0 Å². The molecule has 708 valence electrons. The van der Waals surface area contributed by atoms with Crippen LogP contribution in [0.3, 0.4) is 0 Å². The Morgan fingerprint density at radius 2 is 0.723 bits per heavy atom. The number of piperidine rings is 1. The SMILES string of the molecule is C#Cc1cccc(F)c1.CN(C)C1CCc2nc3cc(Br)ccc3c(=O)n2C1.CN(C)C1CCc2nc3cc(C#Cc4cccc(F)c4)ccc3c(=O)n2C1.CN(C)C1CCc2nc3cc(C#Cc4cccc(F)c4)ccc3c(=O)n2C1.Cl.Nc1cc(Br)ccc1C(=O)O.O=C1CCC(c2ccccc2)CN1.O=S(=O)=O.O=S(=O)=O.O=c1c2ccc(Br)cc2nc2n1CC(c1ccccc1)CC2. The van der Waals surface area contributed by atoms with Gasteiger partial charge in [0.15, 0.2) is 0 Å². The number of nitrogen functional groups attached to an aromatic ring is 1. The second-order valence-corrected chi connectivity index (χ2v) is 36.3. The van der Waals surface area contributed by atoms with Crippen molar-refractivity contribution in [1.29, 1.82) is 0 Å². The van der Waals surface area contributed by atoms with Gasteiger partial charge in [-0.3, -0.25) is 42.2 Å². The maximum Gasteiger partial charge on any atom is 0.425 e. The number of rotatable bonds is 6. The fourth-order valence-corrected chi connectivity index (χ4v) is 16.9. The lowest BCUT2D eigenvalue weighted by atomic mass is 9.91. The van der Waals surface area contributed by atoms with Crippen molar-refractivity contribution in [3.05, 3.63) is 365 Å². The van der Waals surface area contributed by atoms with E-state index in [1.807, 2.05) is 122 Å². The van der Waals surface area contributed by atoms with Crippen LogP contribution in [0.2, 0.25) is 0 Å². The summed E-state index contributed by atoms with van der Waals surface area (Å²) >= 11 is 10.0. The van der Waals surface area contributed by atoms with E-state index in [-0.39, 0.29) is 69.3 Å². The van der Waals surface area contributed by atoms with E-state index in [2.05, 4.69) is 153 Å². The number of fused-ring (bicyclic) bond motifs is 8. The van der Waals surface area contributed by atoms with E-state index in [1.54, 1.807) is 69.8 Å². The van der Waals surface area contributed by atoms with Crippen LogP contribution in [0.15, 0.2) is 257 Å². The summed E-state index contributed by atoms with van der Waals surface area (Å²) in [6, 6.07) is 67.1. The predicted molar refractivity (Wildman–Crippen MR) is 537 cm³/mol. The summed E-state index contributed by atoms with van der Waals surface area (Å²) in [6.07, 6.45) is 14.0. The van der Waals surface area contributed by atoms with Crippen molar-refractivity contribution < 1.29 is 53.1 Å². The predicted octanol–water partition coefficient (Wildman–Crippen LogP) is 15.2. The zero-order valence-electron chi connectivity index (χ0n) is 75.3.